The van der Waals surface area contributed by atoms with Crippen molar-refractivity contribution >= 4 is 17.9 Å². The second-order valence-corrected chi connectivity index (χ2v) is 8.02. The molecule has 0 bridgehead atoms. The summed E-state index contributed by atoms with van der Waals surface area (Å²) in [6.07, 6.45) is 1.40. The molecule has 0 aliphatic carbocycles. The molecule has 0 heterocycles. The third-order valence-corrected chi connectivity index (χ3v) is 4.09. The maximum atomic E-state index is 11.9. The van der Waals surface area contributed by atoms with Crippen LogP contribution in [0.15, 0.2) is 30.3 Å². The molecule has 0 amide bonds. The van der Waals surface area contributed by atoms with Crippen LogP contribution in [0.2, 0.25) is 0 Å². The van der Waals surface area contributed by atoms with Gasteiger partial charge >= 0.3 is 5.97 Å². The molecule has 0 aromatic heterocycles. The minimum absolute atomic E-state index is 0.139. The highest BCUT2D eigenvalue weighted by atomic mass is 16.6. The van der Waals surface area contributed by atoms with Gasteiger partial charge in [0.25, 0.3) is 11.9 Å². The molecule has 184 valence electrons. The number of hydrogen-bond acceptors (Lipinski definition) is 6. The lowest BCUT2D eigenvalue weighted by atomic mass is 9.89. The van der Waals surface area contributed by atoms with Gasteiger partial charge in [0.15, 0.2) is 0 Å². The van der Waals surface area contributed by atoms with Gasteiger partial charge in [0.1, 0.15) is 12.1 Å². The van der Waals surface area contributed by atoms with Crippen LogP contribution in [0.5, 0.6) is 0 Å². The molecule has 0 aliphatic heterocycles. The summed E-state index contributed by atoms with van der Waals surface area (Å²) in [7, 11) is 0. The van der Waals surface area contributed by atoms with Gasteiger partial charge in [-0.25, -0.2) is 0 Å². The maximum absolute atomic E-state index is 11.9. The molecule has 4 atom stereocenters. The number of carboxylic acid groups (broad SMARTS) is 2. The molecule has 32 heavy (non-hydrogen) atoms. The van der Waals surface area contributed by atoms with E-state index in [1.807, 2.05) is 25.1 Å². The summed E-state index contributed by atoms with van der Waals surface area (Å²) < 4.78 is 11.7. The zero-order valence-corrected chi connectivity index (χ0v) is 20.4. The van der Waals surface area contributed by atoms with E-state index in [9.17, 15) is 4.79 Å². The van der Waals surface area contributed by atoms with E-state index in [2.05, 4.69) is 32.9 Å². The molecule has 1 rings (SSSR count). The van der Waals surface area contributed by atoms with Gasteiger partial charge in [0, 0.05) is 20.5 Å². The average molecular weight is 456 g/mol. The molecule has 0 saturated carbocycles. The number of carbonyl (C=O) groups is 3. The Morgan fingerprint density at radius 3 is 1.81 bits per heavy atom. The summed E-state index contributed by atoms with van der Waals surface area (Å²) in [4.78, 5) is 29.9. The molecule has 1 unspecified atom stereocenters. The highest BCUT2D eigenvalue weighted by molar-refractivity contribution is 5.75. The summed E-state index contributed by atoms with van der Waals surface area (Å²) in [6, 6.07) is 9.75. The van der Waals surface area contributed by atoms with Gasteiger partial charge in [-0.05, 0) is 37.7 Å². The largest absolute Gasteiger partial charge is 0.481 e. The summed E-state index contributed by atoms with van der Waals surface area (Å²) in [5, 5.41) is 14.8. The summed E-state index contributed by atoms with van der Waals surface area (Å²) in [6.45, 7) is 12.7. The van der Waals surface area contributed by atoms with Crippen molar-refractivity contribution in [2.24, 2.45) is 17.6 Å². The Labute approximate surface area is 192 Å². The van der Waals surface area contributed by atoms with Gasteiger partial charge in [-0.3, -0.25) is 14.4 Å². The van der Waals surface area contributed by atoms with E-state index in [1.54, 1.807) is 6.92 Å². The molecule has 8 nitrogen and oxygen atoms in total. The number of carbonyl (C=O) groups excluding carboxylic acids is 1. The Kier molecular flexibility index (Phi) is 18.0. The quantitative estimate of drug-likeness (QED) is 0.454. The van der Waals surface area contributed by atoms with Crippen LogP contribution < -0.4 is 5.73 Å². The van der Waals surface area contributed by atoms with Crippen molar-refractivity contribution in [2.45, 2.75) is 79.6 Å². The third kappa shape index (κ3) is 18.3. The molecule has 0 fully saturated rings. The first-order chi connectivity index (χ1) is 14.8. The number of esters is 1. The van der Waals surface area contributed by atoms with Crippen molar-refractivity contribution in [3.63, 3.8) is 0 Å². The fourth-order valence-corrected chi connectivity index (χ4v) is 2.73. The SMILES string of the molecule is CC(=O)O.CC(=O)O.CC[C@H](Cc1ccccc1)[C@@H](OCC(C)C)[C@H](C)OC(=O)C(C)N. The lowest BCUT2D eigenvalue weighted by Crippen LogP contribution is -2.41. The average Bonchev–Trinajstić information content (AvgIpc) is 2.66. The van der Waals surface area contributed by atoms with Crippen molar-refractivity contribution in [2.75, 3.05) is 6.61 Å². The standard InChI is InChI=1S/C20H33NO3.2C2H4O2/c1-6-18(12-17-10-8-7-9-11-17)19(23-13-14(2)3)16(5)24-20(22)15(4)21;2*1-2(3)4/h7-11,14-16,18-19H,6,12-13,21H2,1-5H3;2*1H3,(H,3,4)/t15?,16-,18+,19-;;/m0../s1. The van der Waals surface area contributed by atoms with Crippen LogP contribution in [0.1, 0.15) is 60.5 Å². The van der Waals surface area contributed by atoms with Crippen LogP contribution in [0, 0.1) is 11.8 Å². The first-order valence-corrected chi connectivity index (χ1v) is 10.8. The first-order valence-electron chi connectivity index (χ1n) is 10.8. The highest BCUT2D eigenvalue weighted by Gasteiger charge is 2.30. The van der Waals surface area contributed by atoms with E-state index in [4.69, 9.17) is 35.0 Å². The zero-order valence-electron chi connectivity index (χ0n) is 20.4. The van der Waals surface area contributed by atoms with E-state index in [-0.39, 0.29) is 24.1 Å². The van der Waals surface area contributed by atoms with Crippen LogP contribution in [0.25, 0.3) is 0 Å². The third-order valence-electron chi connectivity index (χ3n) is 4.09. The second-order valence-electron chi connectivity index (χ2n) is 8.02. The lowest BCUT2D eigenvalue weighted by molar-refractivity contribution is -0.161. The topological polar surface area (TPSA) is 136 Å². The van der Waals surface area contributed by atoms with Crippen LogP contribution in [-0.2, 0) is 30.3 Å². The normalized spacial score (nSPS) is 13.9. The van der Waals surface area contributed by atoms with E-state index in [0.29, 0.717) is 12.5 Å². The zero-order chi connectivity index (χ0) is 25.3. The fraction of sp³-hybridized carbons (Fsp3) is 0.625. The maximum Gasteiger partial charge on any atom is 0.322 e. The second kappa shape index (κ2) is 18.2. The van der Waals surface area contributed by atoms with Gasteiger partial charge < -0.3 is 25.4 Å². The minimum atomic E-state index is -0.833. The van der Waals surface area contributed by atoms with Gasteiger partial charge in [0.05, 0.1) is 6.10 Å². The van der Waals surface area contributed by atoms with Crippen molar-refractivity contribution in [1.29, 1.82) is 0 Å². The van der Waals surface area contributed by atoms with Gasteiger partial charge in [-0.1, -0.05) is 57.5 Å². The van der Waals surface area contributed by atoms with E-state index < -0.39 is 18.0 Å². The van der Waals surface area contributed by atoms with E-state index in [1.165, 1.54) is 5.56 Å². The Bertz CT molecular complexity index is 627. The number of nitrogens with two attached hydrogens (primary N) is 1. The van der Waals surface area contributed by atoms with Crippen molar-refractivity contribution in [3.8, 4) is 0 Å². The Morgan fingerprint density at radius 1 is 0.969 bits per heavy atom. The molecule has 1 aromatic carbocycles. The van der Waals surface area contributed by atoms with Crippen molar-refractivity contribution in [3.05, 3.63) is 35.9 Å². The lowest BCUT2D eigenvalue weighted by Gasteiger charge is -2.32. The smallest absolute Gasteiger partial charge is 0.322 e. The van der Waals surface area contributed by atoms with E-state index >= 15 is 0 Å². The predicted molar refractivity (Wildman–Crippen MR) is 124 cm³/mol. The monoisotopic (exact) mass is 455 g/mol. The number of carboxylic acids is 2. The molecule has 0 aliphatic rings. The van der Waals surface area contributed by atoms with Crippen molar-refractivity contribution in [1.82, 2.24) is 0 Å². The fourth-order valence-electron chi connectivity index (χ4n) is 2.73. The summed E-state index contributed by atoms with van der Waals surface area (Å²) >= 11 is 0. The van der Waals surface area contributed by atoms with Crippen molar-refractivity contribution < 1.29 is 34.1 Å². The number of hydrogen-bond donors (Lipinski definition) is 3. The summed E-state index contributed by atoms with van der Waals surface area (Å²) in [5.41, 5.74) is 6.89. The number of benzene rings is 1. The van der Waals surface area contributed by atoms with Crippen LogP contribution >= 0.6 is 0 Å². The van der Waals surface area contributed by atoms with Crippen LogP contribution in [0.3, 0.4) is 0 Å². The highest BCUT2D eigenvalue weighted by Crippen LogP contribution is 2.23. The molecule has 4 N–H and O–H groups in total. The van der Waals surface area contributed by atoms with Gasteiger partial charge in [0.2, 0.25) is 0 Å². The molecule has 0 radical (unpaired) electrons. The minimum Gasteiger partial charge on any atom is -0.481 e. The number of ether oxygens (including phenoxy) is 2. The Morgan fingerprint density at radius 2 is 1.44 bits per heavy atom. The molecule has 0 spiro atoms. The molecule has 0 saturated heterocycles. The molecule has 8 heteroatoms. The number of aliphatic carboxylic acids is 2. The molecular formula is C24H41NO7. The van der Waals surface area contributed by atoms with Gasteiger partial charge in [-0.2, -0.15) is 0 Å². The van der Waals surface area contributed by atoms with Crippen LogP contribution in [-0.4, -0.2) is 53.0 Å². The van der Waals surface area contributed by atoms with Gasteiger partial charge in [-0.15, -0.1) is 0 Å². The Hall–Kier alpha value is -2.45. The van der Waals surface area contributed by atoms with E-state index in [0.717, 1.165) is 26.7 Å². The number of rotatable bonds is 10. The molecular weight excluding hydrogens is 414 g/mol. The summed E-state index contributed by atoms with van der Waals surface area (Å²) in [5.74, 6) is -1.34. The predicted octanol–water partition coefficient (Wildman–Crippen LogP) is 3.76. The van der Waals surface area contributed by atoms with Crippen LogP contribution in [0.4, 0.5) is 0 Å². The Balaban J connectivity index is 0. The molecule has 1 aromatic rings. The first kappa shape index (κ1) is 31.7.